The molecule has 0 heterocycles. The van der Waals surface area contributed by atoms with Crippen LogP contribution in [0.1, 0.15) is 36.5 Å². The van der Waals surface area contributed by atoms with Crippen LogP contribution < -0.4 is 0 Å². The molecule has 1 atom stereocenters. The molecule has 0 aliphatic rings. The predicted octanol–water partition coefficient (Wildman–Crippen LogP) is 5.34. The Bertz CT molecular complexity index is 530. The van der Waals surface area contributed by atoms with Gasteiger partial charge in [0.1, 0.15) is 0 Å². The maximum atomic E-state index is 5.61. The summed E-state index contributed by atoms with van der Waals surface area (Å²) in [7, 11) is 1.77. The second-order valence-corrected chi connectivity index (χ2v) is 5.43. The third-order valence-electron chi connectivity index (χ3n) is 3.77. The minimum atomic E-state index is 0.121. The molecule has 0 aromatic heterocycles. The summed E-state index contributed by atoms with van der Waals surface area (Å²) in [5, 5.41) is 0. The highest BCUT2D eigenvalue weighted by Gasteiger charge is 2.11. The molecule has 1 unspecified atom stereocenters. The Balaban J connectivity index is 1.78. The number of benzene rings is 2. The van der Waals surface area contributed by atoms with Crippen molar-refractivity contribution < 1.29 is 4.74 Å². The summed E-state index contributed by atoms with van der Waals surface area (Å²) in [6.07, 6.45) is 4.34. The van der Waals surface area contributed by atoms with Crippen molar-refractivity contribution in [1.82, 2.24) is 0 Å². The first-order valence-corrected chi connectivity index (χ1v) is 7.58. The summed E-state index contributed by atoms with van der Waals surface area (Å²) >= 11 is 0. The van der Waals surface area contributed by atoms with Gasteiger partial charge >= 0.3 is 0 Å². The van der Waals surface area contributed by atoms with E-state index < -0.39 is 0 Å². The Morgan fingerprint density at radius 1 is 1.00 bits per heavy atom. The van der Waals surface area contributed by atoms with Crippen molar-refractivity contribution in [3.05, 3.63) is 83.9 Å². The van der Waals surface area contributed by atoms with Gasteiger partial charge in [0.15, 0.2) is 0 Å². The number of hydrogen-bond acceptors (Lipinski definition) is 1. The van der Waals surface area contributed by atoms with E-state index in [4.69, 9.17) is 4.74 Å². The highest BCUT2D eigenvalue weighted by Crippen LogP contribution is 2.25. The van der Waals surface area contributed by atoms with Crippen molar-refractivity contribution in [3.63, 3.8) is 0 Å². The standard InChI is InChI=1S/C20H24O/c1-17(10-9-13-18-11-5-3-6-12-18)16-20(21-2)19-14-7-4-8-15-19/h3-8,11-12,14-15,20H,1,9-10,13,16H2,2H3. The summed E-state index contributed by atoms with van der Waals surface area (Å²) in [6.45, 7) is 4.22. The fraction of sp³-hybridized carbons (Fsp3) is 0.300. The molecule has 0 saturated carbocycles. The third-order valence-corrected chi connectivity index (χ3v) is 3.77. The smallest absolute Gasteiger partial charge is 0.0858 e. The zero-order valence-electron chi connectivity index (χ0n) is 12.8. The molecule has 0 amide bonds. The quantitative estimate of drug-likeness (QED) is 0.593. The van der Waals surface area contributed by atoms with Crippen LogP contribution >= 0.6 is 0 Å². The van der Waals surface area contributed by atoms with Crippen LogP contribution in [0.25, 0.3) is 0 Å². The summed E-state index contributed by atoms with van der Waals surface area (Å²) in [5.74, 6) is 0. The first-order valence-electron chi connectivity index (χ1n) is 7.58. The molecule has 1 nitrogen and oxygen atoms in total. The van der Waals surface area contributed by atoms with Gasteiger partial charge in [-0.2, -0.15) is 0 Å². The Morgan fingerprint density at radius 3 is 2.24 bits per heavy atom. The second kappa shape index (κ2) is 8.43. The van der Waals surface area contributed by atoms with E-state index >= 15 is 0 Å². The van der Waals surface area contributed by atoms with E-state index in [9.17, 15) is 0 Å². The lowest BCUT2D eigenvalue weighted by Gasteiger charge is -2.17. The van der Waals surface area contributed by atoms with Crippen molar-refractivity contribution in [2.75, 3.05) is 7.11 Å². The Labute approximate surface area is 128 Å². The lowest BCUT2D eigenvalue weighted by atomic mass is 9.98. The molecule has 0 N–H and O–H groups in total. The van der Waals surface area contributed by atoms with Crippen LogP contribution in [0.3, 0.4) is 0 Å². The van der Waals surface area contributed by atoms with Crippen LogP contribution in [0.5, 0.6) is 0 Å². The van der Waals surface area contributed by atoms with Crippen molar-refractivity contribution in [1.29, 1.82) is 0 Å². The number of methoxy groups -OCH3 is 1. The van der Waals surface area contributed by atoms with Crippen LogP contribution in [0.2, 0.25) is 0 Å². The monoisotopic (exact) mass is 280 g/mol. The van der Waals surface area contributed by atoms with Gasteiger partial charge in [-0.25, -0.2) is 0 Å². The largest absolute Gasteiger partial charge is 0.376 e. The van der Waals surface area contributed by atoms with Gasteiger partial charge in [0, 0.05) is 7.11 Å². The summed E-state index contributed by atoms with van der Waals surface area (Å²) < 4.78 is 5.61. The molecule has 110 valence electrons. The molecule has 2 aromatic carbocycles. The number of aryl methyl sites for hydroxylation is 1. The highest BCUT2D eigenvalue weighted by molar-refractivity contribution is 5.19. The summed E-state index contributed by atoms with van der Waals surface area (Å²) in [6, 6.07) is 21.0. The third kappa shape index (κ3) is 5.20. The SMILES string of the molecule is C=C(CCCc1ccccc1)CC(OC)c1ccccc1. The molecule has 2 aromatic rings. The molecule has 0 radical (unpaired) electrons. The van der Waals surface area contributed by atoms with Gasteiger partial charge in [-0.05, 0) is 36.8 Å². The molecule has 0 fully saturated rings. The van der Waals surface area contributed by atoms with E-state index in [1.54, 1.807) is 7.11 Å². The van der Waals surface area contributed by atoms with Crippen LogP contribution in [-0.4, -0.2) is 7.11 Å². The summed E-state index contributed by atoms with van der Waals surface area (Å²) in [4.78, 5) is 0. The van der Waals surface area contributed by atoms with Crippen molar-refractivity contribution in [2.45, 2.75) is 31.8 Å². The number of ether oxygens (including phenoxy) is 1. The lowest BCUT2D eigenvalue weighted by Crippen LogP contribution is -2.03. The molecule has 2 rings (SSSR count). The van der Waals surface area contributed by atoms with E-state index in [2.05, 4.69) is 61.2 Å². The van der Waals surface area contributed by atoms with Crippen LogP contribution in [0.15, 0.2) is 72.8 Å². The molecule has 1 heteroatoms. The first kappa shape index (κ1) is 15.5. The molecule has 0 spiro atoms. The van der Waals surface area contributed by atoms with Gasteiger partial charge < -0.3 is 4.74 Å². The summed E-state index contributed by atoms with van der Waals surface area (Å²) in [5.41, 5.74) is 3.89. The van der Waals surface area contributed by atoms with Gasteiger partial charge in [0.25, 0.3) is 0 Å². The van der Waals surface area contributed by atoms with Gasteiger partial charge in [-0.3, -0.25) is 0 Å². The Kier molecular flexibility index (Phi) is 6.23. The van der Waals surface area contributed by atoms with E-state index in [1.807, 2.05) is 6.07 Å². The topological polar surface area (TPSA) is 9.23 Å². The number of hydrogen-bond donors (Lipinski definition) is 0. The van der Waals surface area contributed by atoms with Gasteiger partial charge in [0.05, 0.1) is 6.10 Å². The van der Waals surface area contributed by atoms with Crippen LogP contribution in [0.4, 0.5) is 0 Å². The Morgan fingerprint density at radius 2 is 1.62 bits per heavy atom. The molecule has 0 bridgehead atoms. The number of rotatable bonds is 8. The van der Waals surface area contributed by atoms with Crippen LogP contribution in [0, 0.1) is 0 Å². The molecule has 0 aliphatic heterocycles. The first-order chi connectivity index (χ1) is 10.3. The van der Waals surface area contributed by atoms with Gasteiger partial charge in [-0.15, -0.1) is 0 Å². The van der Waals surface area contributed by atoms with Crippen molar-refractivity contribution in [3.8, 4) is 0 Å². The lowest BCUT2D eigenvalue weighted by molar-refractivity contribution is 0.103. The average Bonchev–Trinajstić information content (AvgIpc) is 2.54. The zero-order chi connectivity index (χ0) is 14.9. The molecular weight excluding hydrogens is 256 g/mol. The highest BCUT2D eigenvalue weighted by atomic mass is 16.5. The molecule has 0 aliphatic carbocycles. The zero-order valence-corrected chi connectivity index (χ0v) is 12.8. The minimum Gasteiger partial charge on any atom is -0.376 e. The van der Waals surface area contributed by atoms with E-state index in [-0.39, 0.29) is 6.10 Å². The fourth-order valence-electron chi connectivity index (χ4n) is 2.56. The van der Waals surface area contributed by atoms with Gasteiger partial charge in [0.2, 0.25) is 0 Å². The predicted molar refractivity (Wildman–Crippen MR) is 89.3 cm³/mol. The maximum absolute atomic E-state index is 5.61. The van der Waals surface area contributed by atoms with E-state index in [1.165, 1.54) is 16.7 Å². The van der Waals surface area contributed by atoms with E-state index in [0.29, 0.717) is 0 Å². The Hall–Kier alpha value is -1.86. The van der Waals surface area contributed by atoms with E-state index in [0.717, 1.165) is 25.7 Å². The fourth-order valence-corrected chi connectivity index (χ4v) is 2.56. The van der Waals surface area contributed by atoms with Crippen LogP contribution in [-0.2, 0) is 11.2 Å². The maximum Gasteiger partial charge on any atom is 0.0858 e. The second-order valence-electron chi connectivity index (χ2n) is 5.43. The normalized spacial score (nSPS) is 12.0. The van der Waals surface area contributed by atoms with Gasteiger partial charge in [-0.1, -0.05) is 72.8 Å². The van der Waals surface area contributed by atoms with Crippen molar-refractivity contribution in [2.24, 2.45) is 0 Å². The molecular formula is C20H24O. The van der Waals surface area contributed by atoms with Crippen molar-refractivity contribution >= 4 is 0 Å². The molecule has 0 saturated heterocycles. The average molecular weight is 280 g/mol. The minimum absolute atomic E-state index is 0.121. The molecule has 21 heavy (non-hydrogen) atoms.